The van der Waals surface area contributed by atoms with Crippen LogP contribution in [0.1, 0.15) is 50.5 Å². The Morgan fingerprint density at radius 1 is 1.08 bits per heavy atom. The summed E-state index contributed by atoms with van der Waals surface area (Å²) < 4.78 is 11.6. The van der Waals surface area contributed by atoms with E-state index in [4.69, 9.17) is 32.5 Å². The van der Waals surface area contributed by atoms with Crippen molar-refractivity contribution in [3.05, 3.63) is 75.5 Å². The first kappa shape index (κ1) is 27.3. The molecule has 1 aromatic heterocycles. The van der Waals surface area contributed by atoms with Crippen LogP contribution in [0, 0.1) is 5.92 Å². The average molecular weight is 531 g/mol. The summed E-state index contributed by atoms with van der Waals surface area (Å²) in [5, 5.41) is 16.9. The first-order valence-corrected chi connectivity index (χ1v) is 12.2. The van der Waals surface area contributed by atoms with Gasteiger partial charge in [-0.3, -0.25) is 4.79 Å². The molecule has 0 saturated heterocycles. The van der Waals surface area contributed by atoms with Gasteiger partial charge in [-0.1, -0.05) is 74.3 Å². The monoisotopic (exact) mass is 530 g/mol. The van der Waals surface area contributed by atoms with Crippen molar-refractivity contribution in [1.29, 1.82) is 0 Å². The van der Waals surface area contributed by atoms with E-state index in [1.807, 2.05) is 13.8 Å². The van der Waals surface area contributed by atoms with Gasteiger partial charge in [0.25, 0.3) is 0 Å². The van der Waals surface area contributed by atoms with Gasteiger partial charge in [0, 0.05) is 17.6 Å². The molecule has 3 aromatic rings. The second-order valence-electron chi connectivity index (χ2n) is 8.88. The van der Waals surface area contributed by atoms with Gasteiger partial charge in [-0.05, 0) is 41.8 Å². The largest absolute Gasteiger partial charge is 0.489 e. The highest BCUT2D eigenvalue weighted by molar-refractivity contribution is 6.39. The summed E-state index contributed by atoms with van der Waals surface area (Å²) in [7, 11) is 0. The van der Waals surface area contributed by atoms with E-state index in [-0.39, 0.29) is 18.4 Å². The third kappa shape index (κ3) is 6.68. The lowest BCUT2D eigenvalue weighted by atomic mass is 10.0. The SMILES string of the molecule is CC(C)c1onc(-c2c(Cl)cccc2Cl)c1COc1ccc(/C=C/C(=O)N[C@H](C(=O)O)C(C)C)cc1. The molecule has 7 nitrogen and oxygen atoms in total. The molecule has 0 saturated carbocycles. The predicted octanol–water partition coefficient (Wildman–Crippen LogP) is 6.59. The molecule has 0 aliphatic heterocycles. The van der Waals surface area contributed by atoms with Crippen LogP contribution in [0.5, 0.6) is 5.75 Å². The first-order chi connectivity index (χ1) is 17.1. The minimum absolute atomic E-state index is 0.0705. The summed E-state index contributed by atoms with van der Waals surface area (Å²) in [6, 6.07) is 11.4. The maximum atomic E-state index is 12.1. The van der Waals surface area contributed by atoms with Crippen LogP contribution in [0.25, 0.3) is 17.3 Å². The minimum Gasteiger partial charge on any atom is -0.489 e. The molecule has 0 unspecified atom stereocenters. The fraction of sp³-hybridized carbons (Fsp3) is 0.296. The van der Waals surface area contributed by atoms with Crippen LogP contribution in [0.15, 0.2) is 53.1 Å². The highest BCUT2D eigenvalue weighted by Crippen LogP contribution is 2.38. The predicted molar refractivity (Wildman–Crippen MR) is 140 cm³/mol. The smallest absolute Gasteiger partial charge is 0.326 e. The van der Waals surface area contributed by atoms with E-state index in [1.54, 1.807) is 62.4 Å². The van der Waals surface area contributed by atoms with Gasteiger partial charge in [0.1, 0.15) is 29.9 Å². The molecule has 0 aliphatic rings. The van der Waals surface area contributed by atoms with Crippen molar-refractivity contribution in [3.8, 4) is 17.0 Å². The van der Waals surface area contributed by atoms with E-state index in [0.717, 1.165) is 11.1 Å². The quantitative estimate of drug-likeness (QED) is 0.286. The van der Waals surface area contributed by atoms with E-state index in [1.165, 1.54) is 6.08 Å². The van der Waals surface area contributed by atoms with Crippen LogP contribution in [-0.4, -0.2) is 28.2 Å². The van der Waals surface area contributed by atoms with Gasteiger partial charge in [0.15, 0.2) is 0 Å². The molecular weight excluding hydrogens is 503 g/mol. The highest BCUT2D eigenvalue weighted by atomic mass is 35.5. The number of ether oxygens (including phenoxy) is 1. The standard InChI is InChI=1S/C27H28Cl2N2O5/c1-15(2)24(27(33)34)30-22(32)13-10-17-8-11-18(12-9-17)35-14-19-25(31-36-26(19)16(3)4)23-20(28)6-5-7-21(23)29/h5-13,15-16,24H,14H2,1-4H3,(H,30,32)(H,33,34)/b13-10+/t24-/m0/s1. The van der Waals surface area contributed by atoms with Crippen molar-refractivity contribution in [1.82, 2.24) is 10.5 Å². The van der Waals surface area contributed by atoms with E-state index in [2.05, 4.69) is 10.5 Å². The molecule has 2 aromatic carbocycles. The summed E-state index contributed by atoms with van der Waals surface area (Å²) in [4.78, 5) is 23.4. The van der Waals surface area contributed by atoms with Crippen molar-refractivity contribution < 1.29 is 24.0 Å². The molecule has 0 radical (unpaired) electrons. The lowest BCUT2D eigenvalue weighted by molar-refractivity contribution is -0.142. The molecule has 1 heterocycles. The van der Waals surface area contributed by atoms with E-state index in [0.29, 0.717) is 32.8 Å². The van der Waals surface area contributed by atoms with Crippen molar-refractivity contribution in [2.45, 2.75) is 46.3 Å². The molecule has 190 valence electrons. The number of rotatable bonds is 10. The lowest BCUT2D eigenvalue weighted by Crippen LogP contribution is -2.43. The molecule has 0 fully saturated rings. The van der Waals surface area contributed by atoms with Crippen molar-refractivity contribution in [2.24, 2.45) is 5.92 Å². The van der Waals surface area contributed by atoms with Gasteiger partial charge < -0.3 is 19.7 Å². The molecule has 36 heavy (non-hydrogen) atoms. The number of halogens is 2. The Hall–Kier alpha value is -3.29. The zero-order valence-electron chi connectivity index (χ0n) is 20.4. The summed E-state index contributed by atoms with van der Waals surface area (Å²) in [5.74, 6) is -0.409. The maximum Gasteiger partial charge on any atom is 0.326 e. The number of carbonyl (C=O) groups excluding carboxylic acids is 1. The third-order valence-electron chi connectivity index (χ3n) is 5.46. The second-order valence-corrected chi connectivity index (χ2v) is 9.70. The number of hydrogen-bond donors (Lipinski definition) is 2. The topological polar surface area (TPSA) is 102 Å². The summed E-state index contributed by atoms with van der Waals surface area (Å²) in [6.07, 6.45) is 2.91. The number of carboxylic acid groups (broad SMARTS) is 1. The number of nitrogens with zero attached hydrogens (tertiary/aromatic N) is 1. The number of hydrogen-bond acceptors (Lipinski definition) is 5. The van der Waals surface area contributed by atoms with Gasteiger partial charge in [-0.15, -0.1) is 0 Å². The zero-order valence-corrected chi connectivity index (χ0v) is 21.9. The third-order valence-corrected chi connectivity index (χ3v) is 6.09. The van der Waals surface area contributed by atoms with Crippen LogP contribution in [-0.2, 0) is 16.2 Å². The van der Waals surface area contributed by atoms with Crippen molar-refractivity contribution in [3.63, 3.8) is 0 Å². The van der Waals surface area contributed by atoms with Crippen LogP contribution in [0.2, 0.25) is 10.0 Å². The Labute approximate surface area is 220 Å². The molecular formula is C27H28Cl2N2O5. The van der Waals surface area contributed by atoms with Crippen LogP contribution in [0.4, 0.5) is 0 Å². The number of amides is 1. The molecule has 3 rings (SSSR count). The Kier molecular flexibility index (Phi) is 9.18. The fourth-order valence-electron chi connectivity index (χ4n) is 3.55. The number of carbonyl (C=O) groups is 2. The second kappa shape index (κ2) is 12.1. The maximum absolute atomic E-state index is 12.1. The molecule has 9 heteroatoms. The molecule has 1 atom stereocenters. The average Bonchev–Trinajstić information content (AvgIpc) is 3.23. The van der Waals surface area contributed by atoms with Gasteiger partial charge in [-0.25, -0.2) is 4.79 Å². The van der Waals surface area contributed by atoms with Crippen LogP contribution >= 0.6 is 23.2 Å². The van der Waals surface area contributed by atoms with Gasteiger partial charge >= 0.3 is 5.97 Å². The number of benzene rings is 2. The number of aliphatic carboxylic acids is 1. The lowest BCUT2D eigenvalue weighted by Gasteiger charge is -2.16. The van der Waals surface area contributed by atoms with Gasteiger partial charge in [-0.2, -0.15) is 0 Å². The zero-order chi connectivity index (χ0) is 26.4. The Morgan fingerprint density at radius 2 is 1.72 bits per heavy atom. The number of nitrogens with one attached hydrogen (secondary N) is 1. The van der Waals surface area contributed by atoms with Gasteiger partial charge in [0.2, 0.25) is 5.91 Å². The van der Waals surface area contributed by atoms with Crippen LogP contribution in [0.3, 0.4) is 0 Å². The van der Waals surface area contributed by atoms with Crippen LogP contribution < -0.4 is 10.1 Å². The minimum atomic E-state index is -1.07. The van der Waals surface area contributed by atoms with Gasteiger partial charge in [0.05, 0.1) is 15.6 Å². The highest BCUT2D eigenvalue weighted by Gasteiger charge is 2.24. The van der Waals surface area contributed by atoms with Crippen molar-refractivity contribution >= 4 is 41.2 Å². The first-order valence-electron chi connectivity index (χ1n) is 11.5. The van der Waals surface area contributed by atoms with Crippen molar-refractivity contribution in [2.75, 3.05) is 0 Å². The number of aromatic nitrogens is 1. The summed E-state index contributed by atoms with van der Waals surface area (Å²) in [5.41, 5.74) is 2.65. The Bertz CT molecular complexity index is 1230. The normalized spacial score (nSPS) is 12.3. The number of carboxylic acids is 1. The Balaban J connectivity index is 1.72. The molecule has 2 N–H and O–H groups in total. The summed E-state index contributed by atoms with van der Waals surface area (Å²) >= 11 is 12.8. The fourth-order valence-corrected chi connectivity index (χ4v) is 4.13. The molecule has 0 spiro atoms. The summed E-state index contributed by atoms with van der Waals surface area (Å²) in [6.45, 7) is 7.66. The molecule has 0 aliphatic carbocycles. The molecule has 0 bridgehead atoms. The van der Waals surface area contributed by atoms with E-state index < -0.39 is 17.9 Å². The van der Waals surface area contributed by atoms with E-state index in [9.17, 15) is 14.7 Å². The molecule has 1 amide bonds. The van der Waals surface area contributed by atoms with E-state index >= 15 is 0 Å². The Morgan fingerprint density at radius 3 is 2.28 bits per heavy atom.